The number of hydrogen-bond donors (Lipinski definition) is 0. The maximum Gasteiger partial charge on any atom is 0.241 e. The number of aromatic nitrogens is 2. The smallest absolute Gasteiger partial charge is 0.241 e. The molecule has 1 aromatic heterocycles. The minimum absolute atomic E-state index is 0.330. The van der Waals surface area contributed by atoms with Crippen molar-refractivity contribution < 1.29 is 14.1 Å². The van der Waals surface area contributed by atoms with Gasteiger partial charge in [-0.3, -0.25) is 9.69 Å². The van der Waals surface area contributed by atoms with E-state index in [0.29, 0.717) is 30.1 Å². The van der Waals surface area contributed by atoms with Gasteiger partial charge in [-0.1, -0.05) is 24.4 Å². The molecular formula is C22H30N4O3. The van der Waals surface area contributed by atoms with Crippen molar-refractivity contribution in [1.82, 2.24) is 19.9 Å². The van der Waals surface area contributed by atoms with E-state index in [-0.39, 0.29) is 0 Å². The van der Waals surface area contributed by atoms with Gasteiger partial charge in [0, 0.05) is 38.2 Å². The van der Waals surface area contributed by atoms with Crippen molar-refractivity contribution >= 4 is 5.91 Å². The SMILES string of the molecule is COc1ccc(-c2noc(CN3CCN(C(=O)CC4CCCCC4)CC3)n2)cc1. The van der Waals surface area contributed by atoms with Crippen LogP contribution in [0.5, 0.6) is 5.75 Å². The van der Waals surface area contributed by atoms with Crippen LogP contribution in [0.1, 0.15) is 44.4 Å². The molecule has 29 heavy (non-hydrogen) atoms. The van der Waals surface area contributed by atoms with Gasteiger partial charge < -0.3 is 14.2 Å². The Kier molecular flexibility index (Phi) is 6.44. The third kappa shape index (κ3) is 5.15. The summed E-state index contributed by atoms with van der Waals surface area (Å²) in [4.78, 5) is 21.4. The lowest BCUT2D eigenvalue weighted by atomic mass is 9.86. The lowest BCUT2D eigenvalue weighted by Gasteiger charge is -2.35. The minimum Gasteiger partial charge on any atom is -0.497 e. The Balaban J connectivity index is 1.25. The molecule has 1 aliphatic heterocycles. The number of methoxy groups -OCH3 is 1. The zero-order valence-electron chi connectivity index (χ0n) is 17.2. The zero-order valence-corrected chi connectivity index (χ0v) is 17.2. The molecule has 2 fully saturated rings. The number of piperazine rings is 1. The van der Waals surface area contributed by atoms with Crippen LogP contribution in [0.15, 0.2) is 28.8 Å². The highest BCUT2D eigenvalue weighted by atomic mass is 16.5. The van der Waals surface area contributed by atoms with Crippen molar-refractivity contribution in [1.29, 1.82) is 0 Å². The van der Waals surface area contributed by atoms with Crippen molar-refractivity contribution in [2.24, 2.45) is 5.92 Å². The third-order valence-electron chi connectivity index (χ3n) is 6.09. The molecule has 0 N–H and O–H groups in total. The van der Waals surface area contributed by atoms with Crippen LogP contribution in [-0.2, 0) is 11.3 Å². The average molecular weight is 399 g/mol. The number of amides is 1. The van der Waals surface area contributed by atoms with Gasteiger partial charge in [0.25, 0.3) is 0 Å². The third-order valence-corrected chi connectivity index (χ3v) is 6.09. The Bertz CT molecular complexity index is 791. The highest BCUT2D eigenvalue weighted by Gasteiger charge is 2.25. The van der Waals surface area contributed by atoms with Crippen LogP contribution in [0.2, 0.25) is 0 Å². The lowest BCUT2D eigenvalue weighted by molar-refractivity contribution is -0.134. The Labute approximate surface area is 172 Å². The summed E-state index contributed by atoms with van der Waals surface area (Å²) in [7, 11) is 1.64. The van der Waals surface area contributed by atoms with E-state index in [9.17, 15) is 4.79 Å². The molecule has 7 heteroatoms. The predicted molar refractivity (Wildman–Crippen MR) is 109 cm³/mol. The molecular weight excluding hydrogens is 368 g/mol. The normalized spacial score (nSPS) is 18.7. The molecule has 0 bridgehead atoms. The first kappa shape index (κ1) is 19.9. The van der Waals surface area contributed by atoms with Crippen molar-refractivity contribution in [3.8, 4) is 17.1 Å². The number of hydrogen-bond acceptors (Lipinski definition) is 6. The molecule has 7 nitrogen and oxygen atoms in total. The summed E-state index contributed by atoms with van der Waals surface area (Å²) < 4.78 is 10.6. The van der Waals surface area contributed by atoms with Gasteiger partial charge in [-0.15, -0.1) is 0 Å². The molecule has 0 unspecified atom stereocenters. The van der Waals surface area contributed by atoms with Crippen molar-refractivity contribution in [3.63, 3.8) is 0 Å². The van der Waals surface area contributed by atoms with E-state index in [0.717, 1.165) is 43.9 Å². The maximum absolute atomic E-state index is 12.6. The Hall–Kier alpha value is -2.41. The first-order valence-electron chi connectivity index (χ1n) is 10.7. The van der Waals surface area contributed by atoms with E-state index in [4.69, 9.17) is 9.26 Å². The summed E-state index contributed by atoms with van der Waals surface area (Å²) in [5.74, 6) is 2.93. The van der Waals surface area contributed by atoms with E-state index in [1.54, 1.807) is 7.11 Å². The molecule has 0 atom stereocenters. The summed E-state index contributed by atoms with van der Waals surface area (Å²) in [6.45, 7) is 3.87. The first-order chi connectivity index (χ1) is 14.2. The fourth-order valence-electron chi connectivity index (χ4n) is 4.29. The fourth-order valence-corrected chi connectivity index (χ4v) is 4.29. The number of ether oxygens (including phenoxy) is 1. The number of carbonyl (C=O) groups is 1. The second-order valence-corrected chi connectivity index (χ2v) is 8.11. The molecule has 1 amide bonds. The van der Waals surface area contributed by atoms with Crippen LogP contribution in [0, 0.1) is 5.92 Å². The molecule has 0 spiro atoms. The van der Waals surface area contributed by atoms with E-state index in [1.165, 1.54) is 32.1 Å². The predicted octanol–water partition coefficient (Wildman–Crippen LogP) is 3.36. The van der Waals surface area contributed by atoms with Gasteiger partial charge in [-0.25, -0.2) is 0 Å². The first-order valence-corrected chi connectivity index (χ1v) is 10.7. The van der Waals surface area contributed by atoms with E-state index < -0.39 is 0 Å². The Morgan fingerprint density at radius 2 is 1.83 bits per heavy atom. The van der Waals surface area contributed by atoms with Crippen molar-refractivity contribution in [2.75, 3.05) is 33.3 Å². The molecule has 1 aromatic carbocycles. The second kappa shape index (κ2) is 9.39. The quantitative estimate of drug-likeness (QED) is 0.743. The van der Waals surface area contributed by atoms with Gasteiger partial charge in [0.15, 0.2) is 0 Å². The summed E-state index contributed by atoms with van der Waals surface area (Å²) in [5, 5.41) is 4.10. The van der Waals surface area contributed by atoms with E-state index >= 15 is 0 Å². The van der Waals surface area contributed by atoms with Gasteiger partial charge in [0.2, 0.25) is 17.6 Å². The van der Waals surface area contributed by atoms with Gasteiger partial charge >= 0.3 is 0 Å². The van der Waals surface area contributed by atoms with Crippen molar-refractivity contribution in [2.45, 2.75) is 45.1 Å². The van der Waals surface area contributed by atoms with Crippen LogP contribution >= 0.6 is 0 Å². The Morgan fingerprint density at radius 1 is 1.10 bits per heavy atom. The molecule has 1 saturated heterocycles. The topological polar surface area (TPSA) is 71.7 Å². The van der Waals surface area contributed by atoms with Gasteiger partial charge in [0.1, 0.15) is 5.75 Å². The molecule has 2 heterocycles. The molecule has 2 aliphatic rings. The number of nitrogens with zero attached hydrogens (tertiary/aromatic N) is 4. The molecule has 156 valence electrons. The summed E-state index contributed by atoms with van der Waals surface area (Å²) in [6, 6.07) is 7.61. The summed E-state index contributed by atoms with van der Waals surface area (Å²) in [5.41, 5.74) is 0.902. The second-order valence-electron chi connectivity index (χ2n) is 8.11. The van der Waals surface area contributed by atoms with E-state index in [1.807, 2.05) is 29.2 Å². The highest BCUT2D eigenvalue weighted by molar-refractivity contribution is 5.76. The molecule has 1 aliphatic carbocycles. The lowest BCUT2D eigenvalue weighted by Crippen LogP contribution is -2.48. The van der Waals surface area contributed by atoms with Gasteiger partial charge in [-0.2, -0.15) is 4.98 Å². The van der Waals surface area contributed by atoms with Gasteiger partial charge in [0.05, 0.1) is 13.7 Å². The highest BCUT2D eigenvalue weighted by Crippen LogP contribution is 2.27. The van der Waals surface area contributed by atoms with Crippen LogP contribution in [0.4, 0.5) is 0 Å². The van der Waals surface area contributed by atoms with Gasteiger partial charge in [-0.05, 0) is 43.0 Å². The van der Waals surface area contributed by atoms with Crippen LogP contribution < -0.4 is 4.74 Å². The number of carbonyl (C=O) groups excluding carboxylic acids is 1. The minimum atomic E-state index is 0.330. The Morgan fingerprint density at radius 3 is 2.52 bits per heavy atom. The summed E-state index contributed by atoms with van der Waals surface area (Å²) >= 11 is 0. The average Bonchev–Trinajstić information content (AvgIpc) is 3.23. The van der Waals surface area contributed by atoms with Crippen LogP contribution in [0.3, 0.4) is 0 Å². The van der Waals surface area contributed by atoms with Crippen LogP contribution in [0.25, 0.3) is 11.4 Å². The number of benzene rings is 1. The number of rotatable bonds is 6. The standard InChI is InChI=1S/C22H30N4O3/c1-28-19-9-7-18(8-10-19)22-23-20(29-24-22)16-25-11-13-26(14-12-25)21(27)15-17-5-3-2-4-6-17/h7-10,17H,2-6,11-16H2,1H3. The largest absolute Gasteiger partial charge is 0.497 e. The molecule has 2 aromatic rings. The molecule has 4 rings (SSSR count). The van der Waals surface area contributed by atoms with Crippen molar-refractivity contribution in [3.05, 3.63) is 30.2 Å². The van der Waals surface area contributed by atoms with Crippen LogP contribution in [-0.4, -0.2) is 59.1 Å². The molecule has 1 saturated carbocycles. The molecule has 0 radical (unpaired) electrons. The monoisotopic (exact) mass is 398 g/mol. The summed E-state index contributed by atoms with van der Waals surface area (Å²) in [6.07, 6.45) is 7.08. The zero-order chi connectivity index (χ0) is 20.1. The maximum atomic E-state index is 12.6. The fraction of sp³-hybridized carbons (Fsp3) is 0.591. The van der Waals surface area contributed by atoms with E-state index in [2.05, 4.69) is 15.0 Å².